The van der Waals surface area contributed by atoms with E-state index in [1.165, 1.54) is 6.07 Å². The molecule has 2 fully saturated rings. The zero-order valence-electron chi connectivity index (χ0n) is 14.7. The molecular formula is C19H20F2N4O2. The van der Waals surface area contributed by atoms with Crippen LogP contribution in [0.1, 0.15) is 18.4 Å². The number of amides is 2. The van der Waals surface area contributed by atoms with Crippen molar-refractivity contribution in [2.75, 3.05) is 13.1 Å². The lowest BCUT2D eigenvalue weighted by Crippen LogP contribution is -2.43. The summed E-state index contributed by atoms with van der Waals surface area (Å²) in [6, 6.07) is 4.98. The smallest absolute Gasteiger partial charge is 0.244 e. The molecule has 2 aliphatic heterocycles. The molecule has 2 aliphatic rings. The topological polar surface area (TPSA) is 58.4 Å². The van der Waals surface area contributed by atoms with E-state index in [1.807, 2.05) is 4.90 Å². The van der Waals surface area contributed by atoms with Gasteiger partial charge < -0.3 is 9.80 Å². The summed E-state index contributed by atoms with van der Waals surface area (Å²) in [6.07, 6.45) is 4.70. The van der Waals surface area contributed by atoms with E-state index in [9.17, 15) is 18.4 Å². The van der Waals surface area contributed by atoms with Gasteiger partial charge >= 0.3 is 0 Å². The Morgan fingerprint density at radius 3 is 2.41 bits per heavy atom. The van der Waals surface area contributed by atoms with Gasteiger partial charge in [-0.3, -0.25) is 14.3 Å². The standard InChI is InChI=1S/C19H20F2N4O2/c20-14-3-2-13(15(21)11-14)10-18(26)24-8-4-17-16(24)5-9-25(17)19(27)12-23-7-1-6-22-23/h1-3,6-7,11,16-17H,4-5,8-10,12H2/t16-,17-/m0/s1. The number of fused-ring (bicyclic) bond motifs is 1. The van der Waals surface area contributed by atoms with E-state index in [0.29, 0.717) is 25.9 Å². The fourth-order valence-corrected chi connectivity index (χ4v) is 4.16. The molecule has 0 aliphatic carbocycles. The third-order valence-corrected chi connectivity index (χ3v) is 5.43. The minimum Gasteiger partial charge on any atom is -0.337 e. The maximum Gasteiger partial charge on any atom is 0.244 e. The van der Waals surface area contributed by atoms with Crippen LogP contribution in [0.4, 0.5) is 8.78 Å². The first-order valence-electron chi connectivity index (χ1n) is 9.03. The largest absolute Gasteiger partial charge is 0.337 e. The van der Waals surface area contributed by atoms with Gasteiger partial charge in [0.2, 0.25) is 11.8 Å². The summed E-state index contributed by atoms with van der Waals surface area (Å²) in [6.45, 7) is 1.33. The minimum absolute atomic E-state index is 0.00456. The highest BCUT2D eigenvalue weighted by molar-refractivity contribution is 5.81. The lowest BCUT2D eigenvalue weighted by atomic mass is 10.1. The van der Waals surface area contributed by atoms with Crippen molar-refractivity contribution in [3.8, 4) is 0 Å². The number of hydrogen-bond acceptors (Lipinski definition) is 3. The Morgan fingerprint density at radius 1 is 1.07 bits per heavy atom. The minimum atomic E-state index is -0.707. The summed E-state index contributed by atoms with van der Waals surface area (Å²) in [5.41, 5.74) is 0.189. The van der Waals surface area contributed by atoms with Gasteiger partial charge in [-0.15, -0.1) is 0 Å². The Bertz CT molecular complexity index is 855. The van der Waals surface area contributed by atoms with Gasteiger partial charge in [-0.05, 0) is 30.5 Å². The van der Waals surface area contributed by atoms with Crippen LogP contribution in [0.5, 0.6) is 0 Å². The molecule has 142 valence electrons. The number of nitrogens with zero attached hydrogens (tertiary/aromatic N) is 4. The van der Waals surface area contributed by atoms with E-state index in [0.717, 1.165) is 12.1 Å². The van der Waals surface area contributed by atoms with Crippen LogP contribution in [-0.2, 0) is 22.6 Å². The van der Waals surface area contributed by atoms with E-state index in [1.54, 1.807) is 28.0 Å². The second kappa shape index (κ2) is 7.09. The highest BCUT2D eigenvalue weighted by Crippen LogP contribution is 2.32. The highest BCUT2D eigenvalue weighted by atomic mass is 19.1. The number of rotatable bonds is 4. The lowest BCUT2D eigenvalue weighted by molar-refractivity contribution is -0.134. The van der Waals surface area contributed by atoms with Crippen molar-refractivity contribution in [3.05, 3.63) is 53.9 Å². The average molecular weight is 374 g/mol. The number of benzene rings is 1. The predicted octanol–water partition coefficient (Wildman–Crippen LogP) is 1.61. The summed E-state index contributed by atoms with van der Waals surface area (Å²) in [4.78, 5) is 28.8. The summed E-state index contributed by atoms with van der Waals surface area (Å²) >= 11 is 0. The molecule has 2 amide bonds. The summed E-state index contributed by atoms with van der Waals surface area (Å²) in [7, 11) is 0. The van der Waals surface area contributed by atoms with Gasteiger partial charge in [-0.2, -0.15) is 5.10 Å². The van der Waals surface area contributed by atoms with Crippen molar-refractivity contribution in [2.45, 2.75) is 37.9 Å². The number of hydrogen-bond donors (Lipinski definition) is 0. The SMILES string of the molecule is O=C(Cc1ccc(F)cc1F)N1CC[C@H]2[C@@H]1CCN2C(=O)Cn1cccn1. The molecule has 0 saturated carbocycles. The van der Waals surface area contributed by atoms with Crippen LogP contribution in [0.15, 0.2) is 36.7 Å². The third kappa shape index (κ3) is 3.43. The molecule has 1 aromatic carbocycles. The monoisotopic (exact) mass is 374 g/mol. The Labute approximate surface area is 155 Å². The molecule has 4 rings (SSSR count). The van der Waals surface area contributed by atoms with E-state index in [4.69, 9.17) is 0 Å². The van der Waals surface area contributed by atoms with Gasteiger partial charge in [0.25, 0.3) is 0 Å². The van der Waals surface area contributed by atoms with E-state index < -0.39 is 11.6 Å². The molecule has 3 heterocycles. The van der Waals surface area contributed by atoms with Crippen molar-refractivity contribution in [2.24, 2.45) is 0 Å². The molecular weight excluding hydrogens is 354 g/mol. The number of halogens is 2. The fraction of sp³-hybridized carbons (Fsp3) is 0.421. The van der Waals surface area contributed by atoms with Crippen molar-refractivity contribution >= 4 is 11.8 Å². The van der Waals surface area contributed by atoms with Gasteiger partial charge in [0.15, 0.2) is 0 Å². The van der Waals surface area contributed by atoms with E-state index in [2.05, 4.69) is 5.10 Å². The maximum absolute atomic E-state index is 13.8. The molecule has 0 N–H and O–H groups in total. The van der Waals surface area contributed by atoms with Crippen LogP contribution in [0.3, 0.4) is 0 Å². The second-order valence-corrected chi connectivity index (χ2v) is 7.00. The normalized spacial score (nSPS) is 21.6. The van der Waals surface area contributed by atoms with Gasteiger partial charge in [0.05, 0.1) is 18.5 Å². The van der Waals surface area contributed by atoms with Gasteiger partial charge in [-0.1, -0.05) is 6.07 Å². The Hall–Kier alpha value is -2.77. The lowest BCUT2D eigenvalue weighted by Gasteiger charge is -2.26. The van der Waals surface area contributed by atoms with Crippen molar-refractivity contribution in [3.63, 3.8) is 0 Å². The molecule has 2 saturated heterocycles. The Balaban J connectivity index is 1.41. The zero-order chi connectivity index (χ0) is 19.0. The van der Waals surface area contributed by atoms with Crippen LogP contribution in [0, 0.1) is 11.6 Å². The van der Waals surface area contributed by atoms with Crippen LogP contribution < -0.4 is 0 Å². The van der Waals surface area contributed by atoms with Gasteiger partial charge in [0.1, 0.15) is 18.2 Å². The Morgan fingerprint density at radius 2 is 1.78 bits per heavy atom. The first-order valence-corrected chi connectivity index (χ1v) is 9.03. The third-order valence-electron chi connectivity index (χ3n) is 5.43. The van der Waals surface area contributed by atoms with Crippen LogP contribution in [0.25, 0.3) is 0 Å². The summed E-state index contributed by atoms with van der Waals surface area (Å²) < 4.78 is 28.5. The molecule has 0 radical (unpaired) electrons. The van der Waals surface area contributed by atoms with Crippen LogP contribution in [0.2, 0.25) is 0 Å². The number of carbonyl (C=O) groups excluding carboxylic acids is 2. The first kappa shape index (κ1) is 17.6. The molecule has 0 bridgehead atoms. The first-order chi connectivity index (χ1) is 13.0. The van der Waals surface area contributed by atoms with Gasteiger partial charge in [0, 0.05) is 31.5 Å². The summed E-state index contributed by atoms with van der Waals surface area (Å²) in [5, 5.41) is 4.06. The van der Waals surface area contributed by atoms with E-state index in [-0.39, 0.29) is 42.4 Å². The molecule has 1 aromatic heterocycles. The average Bonchev–Trinajstić information content (AvgIpc) is 3.34. The number of aromatic nitrogens is 2. The van der Waals surface area contributed by atoms with E-state index >= 15 is 0 Å². The molecule has 0 spiro atoms. The quantitative estimate of drug-likeness (QED) is 0.817. The van der Waals surface area contributed by atoms with Gasteiger partial charge in [-0.25, -0.2) is 8.78 Å². The molecule has 8 heteroatoms. The molecule has 27 heavy (non-hydrogen) atoms. The molecule has 0 unspecified atom stereocenters. The maximum atomic E-state index is 13.8. The zero-order valence-corrected chi connectivity index (χ0v) is 14.7. The fourth-order valence-electron chi connectivity index (χ4n) is 4.16. The number of carbonyl (C=O) groups is 2. The van der Waals surface area contributed by atoms with Crippen LogP contribution >= 0.6 is 0 Å². The van der Waals surface area contributed by atoms with Crippen molar-refractivity contribution in [1.29, 1.82) is 0 Å². The van der Waals surface area contributed by atoms with Crippen molar-refractivity contribution < 1.29 is 18.4 Å². The second-order valence-electron chi connectivity index (χ2n) is 7.00. The molecule has 2 atom stereocenters. The van der Waals surface area contributed by atoms with Crippen LogP contribution in [-0.4, -0.2) is 56.6 Å². The number of likely N-dealkylation sites (tertiary alicyclic amines) is 2. The highest BCUT2D eigenvalue weighted by Gasteiger charge is 2.45. The molecule has 2 aromatic rings. The Kier molecular flexibility index (Phi) is 4.63. The van der Waals surface area contributed by atoms with Crippen molar-refractivity contribution in [1.82, 2.24) is 19.6 Å². The molecule has 6 nitrogen and oxygen atoms in total. The summed E-state index contributed by atoms with van der Waals surface area (Å²) in [5.74, 6) is -1.56. The predicted molar refractivity (Wildman–Crippen MR) is 92.5 cm³/mol.